The largest absolute Gasteiger partial charge is 0.590 e. The molecule has 12 nitrogen and oxygen atoms in total. The second-order valence-electron chi connectivity index (χ2n) is 3.52. The summed E-state index contributed by atoms with van der Waals surface area (Å²) in [6.45, 7) is 0. The van der Waals surface area contributed by atoms with E-state index < -0.39 is 0 Å². The van der Waals surface area contributed by atoms with Crippen molar-refractivity contribution in [3.05, 3.63) is 45.4 Å². The molecule has 0 unspecified atom stereocenters. The lowest BCUT2D eigenvalue weighted by Gasteiger charge is -2.04. The molecule has 1 aromatic carbocycles. The number of nitrogens with zero attached hydrogens (tertiary/aromatic N) is 10. The molecule has 3 rings (SSSR count). The molecule has 0 fully saturated rings. The minimum absolute atomic E-state index is 0.0181. The first-order chi connectivity index (χ1) is 9.70. The first kappa shape index (κ1) is 11.6. The van der Waals surface area contributed by atoms with Crippen molar-refractivity contribution in [3.63, 3.8) is 0 Å². The van der Waals surface area contributed by atoms with E-state index in [-0.39, 0.29) is 32.2 Å². The van der Waals surface area contributed by atoms with Crippen LogP contribution in [-0.4, -0.2) is 25.3 Å². The van der Waals surface area contributed by atoms with Crippen molar-refractivity contribution in [2.75, 3.05) is 0 Å². The van der Waals surface area contributed by atoms with E-state index in [1.54, 1.807) is 0 Å². The lowest BCUT2D eigenvalue weighted by molar-refractivity contribution is -0.863. The minimum Gasteiger partial charge on any atom is -0.590 e. The van der Waals surface area contributed by atoms with E-state index in [9.17, 15) is 10.4 Å². The van der Waals surface area contributed by atoms with Gasteiger partial charge in [-0.05, 0) is 11.6 Å². The van der Waals surface area contributed by atoms with E-state index in [0.717, 1.165) is 0 Å². The van der Waals surface area contributed by atoms with Crippen LogP contribution in [0.15, 0.2) is 29.6 Å². The zero-order valence-corrected chi connectivity index (χ0v) is 9.60. The Morgan fingerprint density at radius 2 is 2.00 bits per heavy atom. The summed E-state index contributed by atoms with van der Waals surface area (Å²) in [5.41, 5.74) is 8.75. The number of hydrogen-bond donors (Lipinski definition) is 0. The third-order valence-electron chi connectivity index (χ3n) is 2.44. The van der Waals surface area contributed by atoms with Gasteiger partial charge in [-0.15, -0.1) is 0 Å². The van der Waals surface area contributed by atoms with Crippen LogP contribution in [0.4, 0.5) is 5.69 Å². The lowest BCUT2D eigenvalue weighted by atomic mass is 10.2. The van der Waals surface area contributed by atoms with Crippen LogP contribution in [0.5, 0.6) is 0 Å². The monoisotopic (exact) mass is 272 g/mol. The third kappa shape index (κ3) is 1.69. The fraction of sp³-hybridized carbons (Fsp3) is 0. The van der Waals surface area contributed by atoms with Gasteiger partial charge in [0, 0.05) is 15.8 Å². The Balaban J connectivity index is 2.44. The van der Waals surface area contributed by atoms with Crippen LogP contribution >= 0.6 is 0 Å². The highest BCUT2D eigenvalue weighted by molar-refractivity contribution is 5.88. The number of hydrogen-bond acceptors (Lipinski definition) is 7. The molecular formula is C8H4N10O2. The Bertz CT molecular complexity index is 838. The fourth-order valence-electron chi connectivity index (χ4n) is 1.68. The quantitative estimate of drug-likeness (QED) is 0.199. The fourth-order valence-corrected chi connectivity index (χ4v) is 1.68. The number of rotatable bonds is 2. The standard InChI is InChI=1S/C8H4N10O2/c9-14-12-7-5(16-10-3-4-11-16)1-2-6-8(7)13-18(20)15-17(6)19/h1-4H. The van der Waals surface area contributed by atoms with Gasteiger partial charge in [-0.3, -0.25) is 0 Å². The molecule has 0 N–H and O–H groups in total. The predicted octanol–water partition coefficient (Wildman–Crippen LogP) is -0.581. The van der Waals surface area contributed by atoms with Crippen molar-refractivity contribution < 1.29 is 9.80 Å². The van der Waals surface area contributed by atoms with Gasteiger partial charge in [0.05, 0.1) is 23.2 Å². The molecule has 0 aliphatic rings. The van der Waals surface area contributed by atoms with Gasteiger partial charge < -0.3 is 10.4 Å². The van der Waals surface area contributed by atoms with Gasteiger partial charge in [-0.25, -0.2) is 0 Å². The summed E-state index contributed by atoms with van der Waals surface area (Å²) in [5.74, 6) is 0. The van der Waals surface area contributed by atoms with Gasteiger partial charge in [0.25, 0.3) is 5.52 Å². The van der Waals surface area contributed by atoms with E-state index in [1.165, 1.54) is 29.3 Å². The van der Waals surface area contributed by atoms with Crippen molar-refractivity contribution in [1.29, 1.82) is 0 Å². The van der Waals surface area contributed by atoms with Crippen LogP contribution in [0.1, 0.15) is 0 Å². The van der Waals surface area contributed by atoms with Crippen molar-refractivity contribution >= 4 is 16.7 Å². The maximum absolute atomic E-state index is 11.5. The SMILES string of the molecule is [N-]=[N+]=Nc1c(-n2nccn2)ccc2c1n[n+]([O-])n[n+]2[O-]. The van der Waals surface area contributed by atoms with E-state index in [2.05, 4.69) is 30.5 Å². The molecule has 12 heteroatoms. The molecule has 98 valence electrons. The Hall–Kier alpha value is -3.53. The van der Waals surface area contributed by atoms with Gasteiger partial charge in [-0.2, -0.15) is 15.0 Å². The molecule has 0 amide bonds. The average molecular weight is 272 g/mol. The molecule has 0 saturated carbocycles. The van der Waals surface area contributed by atoms with Crippen molar-refractivity contribution in [2.45, 2.75) is 0 Å². The third-order valence-corrected chi connectivity index (χ3v) is 2.44. The van der Waals surface area contributed by atoms with Crippen LogP contribution < -0.4 is 9.80 Å². The topological polar surface area (TPSA) is 159 Å². The summed E-state index contributed by atoms with van der Waals surface area (Å²) in [5, 5.41) is 40.5. The van der Waals surface area contributed by atoms with Crippen molar-refractivity contribution in [2.24, 2.45) is 5.11 Å². The van der Waals surface area contributed by atoms with Crippen LogP contribution in [0, 0.1) is 10.4 Å². The highest BCUT2D eigenvalue weighted by atomic mass is 16.6. The summed E-state index contributed by atoms with van der Waals surface area (Å²) in [4.78, 5) is 3.76. The second-order valence-corrected chi connectivity index (χ2v) is 3.52. The van der Waals surface area contributed by atoms with E-state index >= 15 is 0 Å². The summed E-state index contributed by atoms with van der Waals surface area (Å²) in [7, 11) is 0. The number of azide groups is 1. The zero-order valence-electron chi connectivity index (χ0n) is 9.60. The van der Waals surface area contributed by atoms with Gasteiger partial charge in [0.1, 0.15) is 10.6 Å². The molecule has 0 saturated heterocycles. The van der Waals surface area contributed by atoms with Crippen LogP contribution in [0.2, 0.25) is 0 Å². The number of benzene rings is 1. The van der Waals surface area contributed by atoms with E-state index in [4.69, 9.17) is 5.53 Å². The molecule has 2 aromatic heterocycles. The Morgan fingerprint density at radius 1 is 1.25 bits per heavy atom. The van der Waals surface area contributed by atoms with Gasteiger partial charge in [0.2, 0.25) is 5.52 Å². The van der Waals surface area contributed by atoms with Crippen LogP contribution in [-0.2, 0) is 0 Å². The van der Waals surface area contributed by atoms with Crippen LogP contribution in [0.3, 0.4) is 0 Å². The molecule has 0 atom stereocenters. The summed E-state index contributed by atoms with van der Waals surface area (Å²) >= 11 is 0. The highest BCUT2D eigenvalue weighted by Gasteiger charge is 2.20. The Labute approximate surface area is 109 Å². The van der Waals surface area contributed by atoms with Gasteiger partial charge in [-0.1, -0.05) is 5.11 Å². The second kappa shape index (κ2) is 4.29. The van der Waals surface area contributed by atoms with Crippen molar-refractivity contribution in [3.8, 4) is 5.69 Å². The summed E-state index contributed by atoms with van der Waals surface area (Å²) in [6.07, 6.45) is 2.84. The molecule has 0 spiro atoms. The maximum Gasteiger partial charge on any atom is 0.326 e. The summed E-state index contributed by atoms with van der Waals surface area (Å²) in [6, 6.07) is 2.83. The minimum atomic E-state index is -0.161. The average Bonchev–Trinajstić information content (AvgIpc) is 2.93. The molecule has 0 aliphatic carbocycles. The number of aromatic nitrogens is 7. The molecule has 20 heavy (non-hydrogen) atoms. The molecule has 2 heterocycles. The molecule has 3 aromatic rings. The predicted molar refractivity (Wildman–Crippen MR) is 61.2 cm³/mol. The normalized spacial score (nSPS) is 10.4. The molecule has 0 radical (unpaired) electrons. The molecular weight excluding hydrogens is 268 g/mol. The zero-order chi connectivity index (χ0) is 14.1. The van der Waals surface area contributed by atoms with E-state index in [0.29, 0.717) is 0 Å². The smallest absolute Gasteiger partial charge is 0.326 e. The lowest BCUT2D eigenvalue weighted by Crippen LogP contribution is -2.50. The highest BCUT2D eigenvalue weighted by Crippen LogP contribution is 2.28. The molecule has 0 aliphatic heterocycles. The molecule has 0 bridgehead atoms. The Morgan fingerprint density at radius 3 is 2.70 bits per heavy atom. The summed E-state index contributed by atoms with van der Waals surface area (Å²) < 4.78 is 0. The van der Waals surface area contributed by atoms with Crippen molar-refractivity contribution in [1.82, 2.24) is 25.3 Å². The van der Waals surface area contributed by atoms with E-state index in [1.807, 2.05) is 0 Å². The maximum atomic E-state index is 11.5. The Kier molecular flexibility index (Phi) is 2.48. The first-order valence-corrected chi connectivity index (χ1v) is 5.17. The van der Waals surface area contributed by atoms with Gasteiger partial charge >= 0.3 is 5.21 Å². The first-order valence-electron chi connectivity index (χ1n) is 5.17. The number of fused-ring (bicyclic) bond motifs is 1. The van der Waals surface area contributed by atoms with Gasteiger partial charge in [0.15, 0.2) is 0 Å². The van der Waals surface area contributed by atoms with Crippen LogP contribution in [0.25, 0.3) is 27.2 Å².